The van der Waals surface area contributed by atoms with Crippen molar-refractivity contribution in [3.8, 4) is 5.75 Å². The fraction of sp³-hybridized carbons (Fsp3) is 0.533. The van der Waals surface area contributed by atoms with Gasteiger partial charge in [-0.1, -0.05) is 19.1 Å². The number of rotatable bonds is 7. The average Bonchev–Trinajstić information content (AvgIpc) is 2.85. The molecule has 2 N–H and O–H groups in total. The number of carbonyl (C=O) groups is 1. The summed E-state index contributed by atoms with van der Waals surface area (Å²) in [6.07, 6.45) is 0. The molecule has 1 aliphatic heterocycles. The Morgan fingerprint density at radius 2 is 2.35 bits per heavy atom. The van der Waals surface area contributed by atoms with Crippen LogP contribution in [0, 0.1) is 0 Å². The molecule has 1 unspecified atom stereocenters. The zero-order valence-electron chi connectivity index (χ0n) is 12.2. The smallest absolute Gasteiger partial charge is 0.317 e. The Kier molecular flexibility index (Phi) is 5.24. The second-order valence-electron chi connectivity index (χ2n) is 4.92. The Morgan fingerprint density at radius 1 is 1.50 bits per heavy atom. The van der Waals surface area contributed by atoms with Gasteiger partial charge in [0.15, 0.2) is 0 Å². The van der Waals surface area contributed by atoms with E-state index in [0.717, 1.165) is 25.4 Å². The molecule has 0 saturated carbocycles. The van der Waals surface area contributed by atoms with E-state index in [0.29, 0.717) is 19.2 Å². The van der Waals surface area contributed by atoms with E-state index in [9.17, 15) is 4.79 Å². The summed E-state index contributed by atoms with van der Waals surface area (Å²) in [4.78, 5) is 13.2. The third-order valence-electron chi connectivity index (χ3n) is 3.44. The van der Waals surface area contributed by atoms with E-state index in [-0.39, 0.29) is 6.03 Å². The molecule has 5 heteroatoms. The third-order valence-corrected chi connectivity index (χ3v) is 3.44. The fourth-order valence-corrected chi connectivity index (χ4v) is 2.30. The number of urea groups is 1. The molecule has 1 heterocycles. The van der Waals surface area contributed by atoms with Crippen LogP contribution in [-0.2, 0) is 0 Å². The lowest BCUT2D eigenvalue weighted by atomic mass is 10.1. The predicted molar refractivity (Wildman–Crippen MR) is 79.0 cm³/mol. The zero-order valence-corrected chi connectivity index (χ0v) is 12.2. The largest absolute Gasteiger partial charge is 0.492 e. The Hall–Kier alpha value is -1.75. The molecule has 0 bridgehead atoms. The van der Waals surface area contributed by atoms with Crippen LogP contribution in [0.5, 0.6) is 5.75 Å². The fourth-order valence-electron chi connectivity index (χ4n) is 2.30. The highest BCUT2D eigenvalue weighted by molar-refractivity contribution is 5.76. The standard InChI is InChI=1S/C15H23N3O2/c1-3-16-12(2)13-5-4-6-14(11-13)20-10-9-18-8-7-17-15(18)19/h4-6,11-12,16H,3,7-10H2,1-2H3,(H,17,19). The van der Waals surface area contributed by atoms with Crippen LogP contribution in [0.3, 0.4) is 0 Å². The molecular weight excluding hydrogens is 254 g/mol. The molecule has 20 heavy (non-hydrogen) atoms. The van der Waals surface area contributed by atoms with Crippen LogP contribution in [0.25, 0.3) is 0 Å². The van der Waals surface area contributed by atoms with Gasteiger partial charge in [0, 0.05) is 19.1 Å². The van der Waals surface area contributed by atoms with Gasteiger partial charge in [-0.05, 0) is 31.2 Å². The molecule has 1 aromatic rings. The van der Waals surface area contributed by atoms with Gasteiger partial charge in [-0.2, -0.15) is 0 Å². The lowest BCUT2D eigenvalue weighted by Crippen LogP contribution is -2.31. The van der Waals surface area contributed by atoms with Crippen molar-refractivity contribution in [2.75, 3.05) is 32.8 Å². The normalized spacial score (nSPS) is 16.1. The number of nitrogens with one attached hydrogen (secondary N) is 2. The van der Waals surface area contributed by atoms with Crippen molar-refractivity contribution in [3.63, 3.8) is 0 Å². The summed E-state index contributed by atoms with van der Waals surface area (Å²) < 4.78 is 5.74. The minimum Gasteiger partial charge on any atom is -0.492 e. The second-order valence-corrected chi connectivity index (χ2v) is 4.92. The molecule has 0 radical (unpaired) electrons. The summed E-state index contributed by atoms with van der Waals surface area (Å²) in [6.45, 7) is 7.81. The van der Waals surface area contributed by atoms with Crippen LogP contribution in [0.1, 0.15) is 25.5 Å². The maximum absolute atomic E-state index is 11.4. The van der Waals surface area contributed by atoms with Gasteiger partial charge in [0.2, 0.25) is 0 Å². The van der Waals surface area contributed by atoms with Crippen molar-refractivity contribution in [2.45, 2.75) is 19.9 Å². The summed E-state index contributed by atoms with van der Waals surface area (Å²) >= 11 is 0. The minimum atomic E-state index is 0.00289. The molecule has 2 rings (SSSR count). The van der Waals surface area contributed by atoms with Crippen molar-refractivity contribution in [1.29, 1.82) is 0 Å². The first-order valence-electron chi connectivity index (χ1n) is 7.19. The highest BCUT2D eigenvalue weighted by Crippen LogP contribution is 2.19. The molecule has 1 saturated heterocycles. The maximum atomic E-state index is 11.4. The lowest BCUT2D eigenvalue weighted by molar-refractivity contribution is 0.202. The van der Waals surface area contributed by atoms with Crippen molar-refractivity contribution < 1.29 is 9.53 Å². The third kappa shape index (κ3) is 3.87. The van der Waals surface area contributed by atoms with E-state index in [1.807, 2.05) is 12.1 Å². The SMILES string of the molecule is CCNC(C)c1cccc(OCCN2CCNC2=O)c1. The second kappa shape index (κ2) is 7.14. The number of amides is 2. The summed E-state index contributed by atoms with van der Waals surface area (Å²) in [5.41, 5.74) is 1.21. The molecule has 110 valence electrons. The van der Waals surface area contributed by atoms with Gasteiger partial charge in [0.25, 0.3) is 0 Å². The average molecular weight is 277 g/mol. The number of carbonyl (C=O) groups excluding carboxylic acids is 1. The van der Waals surface area contributed by atoms with E-state index in [4.69, 9.17) is 4.74 Å². The highest BCUT2D eigenvalue weighted by atomic mass is 16.5. The molecule has 0 spiro atoms. The maximum Gasteiger partial charge on any atom is 0.317 e. The molecule has 0 aliphatic carbocycles. The van der Waals surface area contributed by atoms with Crippen molar-refractivity contribution >= 4 is 6.03 Å². The van der Waals surface area contributed by atoms with Crippen LogP contribution in [-0.4, -0.2) is 43.7 Å². The van der Waals surface area contributed by atoms with Crippen LogP contribution >= 0.6 is 0 Å². The summed E-state index contributed by atoms with van der Waals surface area (Å²) in [5.74, 6) is 0.854. The van der Waals surface area contributed by atoms with Gasteiger partial charge in [-0.3, -0.25) is 0 Å². The van der Waals surface area contributed by atoms with Crippen LogP contribution in [0.4, 0.5) is 4.79 Å². The van der Waals surface area contributed by atoms with Gasteiger partial charge in [0.1, 0.15) is 12.4 Å². The van der Waals surface area contributed by atoms with Crippen molar-refractivity contribution in [3.05, 3.63) is 29.8 Å². The molecule has 2 amide bonds. The molecule has 0 aromatic heterocycles. The number of nitrogens with zero attached hydrogens (tertiary/aromatic N) is 1. The number of hydrogen-bond acceptors (Lipinski definition) is 3. The van der Waals surface area contributed by atoms with E-state index in [2.05, 4.69) is 36.6 Å². The topological polar surface area (TPSA) is 53.6 Å². The quantitative estimate of drug-likeness (QED) is 0.798. The molecule has 1 aromatic carbocycles. The molecule has 5 nitrogen and oxygen atoms in total. The van der Waals surface area contributed by atoms with Gasteiger partial charge < -0.3 is 20.3 Å². The Balaban J connectivity index is 1.83. The van der Waals surface area contributed by atoms with Gasteiger partial charge in [-0.25, -0.2) is 4.79 Å². The van der Waals surface area contributed by atoms with Crippen molar-refractivity contribution in [2.24, 2.45) is 0 Å². The van der Waals surface area contributed by atoms with Crippen LogP contribution in [0.2, 0.25) is 0 Å². The number of ether oxygens (including phenoxy) is 1. The Labute approximate surface area is 120 Å². The summed E-state index contributed by atoms with van der Waals surface area (Å²) in [5, 5.41) is 6.16. The summed E-state index contributed by atoms with van der Waals surface area (Å²) in [7, 11) is 0. The highest BCUT2D eigenvalue weighted by Gasteiger charge is 2.18. The predicted octanol–water partition coefficient (Wildman–Crippen LogP) is 1.76. The molecule has 1 aliphatic rings. The van der Waals surface area contributed by atoms with Gasteiger partial charge >= 0.3 is 6.03 Å². The van der Waals surface area contributed by atoms with Crippen LogP contribution < -0.4 is 15.4 Å². The van der Waals surface area contributed by atoms with E-state index >= 15 is 0 Å². The van der Waals surface area contributed by atoms with Gasteiger partial charge in [-0.15, -0.1) is 0 Å². The molecular formula is C15H23N3O2. The zero-order chi connectivity index (χ0) is 14.4. The first-order valence-corrected chi connectivity index (χ1v) is 7.19. The van der Waals surface area contributed by atoms with E-state index < -0.39 is 0 Å². The monoisotopic (exact) mass is 277 g/mol. The van der Waals surface area contributed by atoms with Crippen molar-refractivity contribution in [1.82, 2.24) is 15.5 Å². The molecule has 1 fully saturated rings. The molecule has 1 atom stereocenters. The van der Waals surface area contributed by atoms with E-state index in [1.165, 1.54) is 5.56 Å². The minimum absolute atomic E-state index is 0.00289. The Bertz CT molecular complexity index is 450. The lowest BCUT2D eigenvalue weighted by Gasteiger charge is -2.16. The van der Waals surface area contributed by atoms with Gasteiger partial charge in [0.05, 0.1) is 6.54 Å². The Morgan fingerprint density at radius 3 is 3.05 bits per heavy atom. The van der Waals surface area contributed by atoms with E-state index in [1.54, 1.807) is 4.90 Å². The number of hydrogen-bond donors (Lipinski definition) is 2. The first kappa shape index (κ1) is 14.7. The van der Waals surface area contributed by atoms with Crippen LogP contribution in [0.15, 0.2) is 24.3 Å². The first-order chi connectivity index (χ1) is 9.70. The summed E-state index contributed by atoms with van der Waals surface area (Å²) in [6, 6.07) is 8.41. The number of benzene rings is 1.